The summed E-state index contributed by atoms with van der Waals surface area (Å²) in [5.41, 5.74) is 1.74. The second-order valence-corrected chi connectivity index (χ2v) is 5.95. The fourth-order valence-corrected chi connectivity index (χ4v) is 2.85. The number of carbonyl (C=O) groups is 2. The highest BCUT2D eigenvalue weighted by molar-refractivity contribution is 5.97. The third kappa shape index (κ3) is 4.23. The zero-order valence-corrected chi connectivity index (χ0v) is 15.1. The molecule has 27 heavy (non-hydrogen) atoms. The van der Waals surface area contributed by atoms with Crippen molar-refractivity contribution >= 4 is 22.8 Å². The van der Waals surface area contributed by atoms with Crippen LogP contribution in [0.15, 0.2) is 60.7 Å². The van der Waals surface area contributed by atoms with Gasteiger partial charge in [-0.3, -0.25) is 4.79 Å². The minimum Gasteiger partial charge on any atom is -0.496 e. The van der Waals surface area contributed by atoms with Crippen LogP contribution in [0.4, 0.5) is 0 Å². The van der Waals surface area contributed by atoms with E-state index in [1.54, 1.807) is 19.2 Å². The van der Waals surface area contributed by atoms with Crippen molar-refractivity contribution in [1.29, 1.82) is 0 Å². The van der Waals surface area contributed by atoms with Gasteiger partial charge >= 0.3 is 5.97 Å². The summed E-state index contributed by atoms with van der Waals surface area (Å²) >= 11 is 0. The van der Waals surface area contributed by atoms with Crippen molar-refractivity contribution in [2.45, 2.75) is 12.5 Å². The number of methoxy groups -OCH3 is 2. The van der Waals surface area contributed by atoms with E-state index in [-0.39, 0.29) is 12.1 Å². The summed E-state index contributed by atoms with van der Waals surface area (Å²) in [6, 6.07) is 17.5. The van der Waals surface area contributed by atoms with Crippen LogP contribution >= 0.6 is 0 Å². The van der Waals surface area contributed by atoms with Crippen LogP contribution in [0.3, 0.4) is 0 Å². The summed E-state index contributed by atoms with van der Waals surface area (Å²) in [6.45, 7) is 0. The molecule has 0 saturated heterocycles. The third-order valence-electron chi connectivity index (χ3n) is 4.24. The first kappa shape index (κ1) is 18.4. The maximum Gasteiger partial charge on any atom is 0.328 e. The summed E-state index contributed by atoms with van der Waals surface area (Å²) in [5, 5.41) is 3.65. The van der Waals surface area contributed by atoms with Crippen LogP contribution in [0.2, 0.25) is 0 Å². The van der Waals surface area contributed by atoms with Gasteiger partial charge in [0.05, 0.1) is 19.7 Å². The van der Waals surface area contributed by atoms with E-state index < -0.39 is 17.9 Å². The highest BCUT2D eigenvalue weighted by atomic mass is 16.5. The fourth-order valence-electron chi connectivity index (χ4n) is 2.85. The Morgan fingerprint density at radius 2 is 1.74 bits per heavy atom. The van der Waals surface area contributed by atoms with Gasteiger partial charge in [0, 0.05) is 11.8 Å². The van der Waals surface area contributed by atoms with Crippen LogP contribution < -0.4 is 10.1 Å². The van der Waals surface area contributed by atoms with Crippen LogP contribution in [-0.2, 0) is 16.0 Å². The van der Waals surface area contributed by atoms with Crippen molar-refractivity contribution in [1.82, 2.24) is 10.3 Å². The molecule has 0 spiro atoms. The lowest BCUT2D eigenvalue weighted by Gasteiger charge is -2.18. The number of nitrogens with one attached hydrogen (secondary N) is 1. The molecule has 0 saturated carbocycles. The minimum atomic E-state index is -0.855. The SMILES string of the molecule is COC(=O)[C@H](Cc1ccccc1OC)NC(=O)c1ccc2ccccc2n1. The van der Waals surface area contributed by atoms with E-state index >= 15 is 0 Å². The molecule has 0 radical (unpaired) electrons. The monoisotopic (exact) mass is 364 g/mol. The lowest BCUT2D eigenvalue weighted by atomic mass is 10.0. The number of esters is 1. The molecule has 2 aromatic carbocycles. The van der Waals surface area contributed by atoms with Crippen molar-refractivity contribution < 1.29 is 19.1 Å². The Labute approximate surface area is 157 Å². The van der Waals surface area contributed by atoms with Crippen molar-refractivity contribution in [3.8, 4) is 5.75 Å². The van der Waals surface area contributed by atoms with Crippen LogP contribution in [0.25, 0.3) is 10.9 Å². The van der Waals surface area contributed by atoms with E-state index in [2.05, 4.69) is 10.3 Å². The molecule has 1 heterocycles. The molecule has 3 aromatic rings. The Hall–Kier alpha value is -3.41. The van der Waals surface area contributed by atoms with E-state index in [9.17, 15) is 9.59 Å². The molecule has 1 atom stereocenters. The number of hydrogen-bond donors (Lipinski definition) is 1. The summed E-state index contributed by atoms with van der Waals surface area (Å²) in [4.78, 5) is 29.2. The quantitative estimate of drug-likeness (QED) is 0.681. The first-order chi connectivity index (χ1) is 13.1. The smallest absolute Gasteiger partial charge is 0.328 e. The molecule has 1 aromatic heterocycles. The van der Waals surface area contributed by atoms with Crippen LogP contribution in [0.1, 0.15) is 16.1 Å². The summed E-state index contributed by atoms with van der Waals surface area (Å²) in [7, 11) is 2.85. The largest absolute Gasteiger partial charge is 0.496 e. The number of ether oxygens (including phenoxy) is 2. The van der Waals surface area contributed by atoms with E-state index in [1.807, 2.05) is 48.5 Å². The number of nitrogens with zero attached hydrogens (tertiary/aromatic N) is 1. The van der Waals surface area contributed by atoms with Gasteiger partial charge in [-0.25, -0.2) is 9.78 Å². The number of para-hydroxylation sites is 2. The third-order valence-corrected chi connectivity index (χ3v) is 4.24. The molecule has 0 aliphatic rings. The average molecular weight is 364 g/mol. The molecule has 0 aliphatic heterocycles. The van der Waals surface area contributed by atoms with E-state index in [1.165, 1.54) is 7.11 Å². The number of amides is 1. The highest BCUT2D eigenvalue weighted by Crippen LogP contribution is 2.19. The van der Waals surface area contributed by atoms with Gasteiger partial charge in [0.1, 0.15) is 17.5 Å². The average Bonchev–Trinajstić information content (AvgIpc) is 2.72. The van der Waals surface area contributed by atoms with Gasteiger partial charge in [-0.1, -0.05) is 42.5 Å². The van der Waals surface area contributed by atoms with Gasteiger partial charge in [-0.15, -0.1) is 0 Å². The Morgan fingerprint density at radius 1 is 1.00 bits per heavy atom. The molecule has 3 rings (SSSR count). The first-order valence-electron chi connectivity index (χ1n) is 8.48. The van der Waals surface area contributed by atoms with Gasteiger partial charge in [-0.05, 0) is 23.8 Å². The summed E-state index contributed by atoms with van der Waals surface area (Å²) < 4.78 is 10.2. The van der Waals surface area contributed by atoms with Crippen LogP contribution in [0.5, 0.6) is 5.75 Å². The number of aromatic nitrogens is 1. The van der Waals surface area contributed by atoms with Gasteiger partial charge in [0.25, 0.3) is 5.91 Å². The molecule has 1 amide bonds. The van der Waals surface area contributed by atoms with Crippen molar-refractivity contribution in [3.63, 3.8) is 0 Å². The van der Waals surface area contributed by atoms with Gasteiger partial charge in [0.2, 0.25) is 0 Å². The Bertz CT molecular complexity index is 971. The highest BCUT2D eigenvalue weighted by Gasteiger charge is 2.24. The maximum atomic E-state index is 12.7. The zero-order chi connectivity index (χ0) is 19.2. The number of benzene rings is 2. The second-order valence-electron chi connectivity index (χ2n) is 5.95. The number of hydrogen-bond acceptors (Lipinski definition) is 5. The molecule has 0 aliphatic carbocycles. The van der Waals surface area contributed by atoms with E-state index in [4.69, 9.17) is 9.47 Å². The molecule has 0 unspecified atom stereocenters. The fraction of sp³-hybridized carbons (Fsp3) is 0.190. The molecule has 0 bridgehead atoms. The number of carbonyl (C=O) groups excluding carboxylic acids is 2. The van der Waals surface area contributed by atoms with Gasteiger partial charge in [-0.2, -0.15) is 0 Å². The number of rotatable bonds is 6. The molecule has 6 nitrogen and oxygen atoms in total. The molecular weight excluding hydrogens is 344 g/mol. The molecule has 0 fully saturated rings. The van der Waals surface area contributed by atoms with Crippen LogP contribution in [-0.4, -0.2) is 37.1 Å². The Morgan fingerprint density at radius 3 is 2.52 bits per heavy atom. The van der Waals surface area contributed by atoms with Gasteiger partial charge < -0.3 is 14.8 Å². The summed E-state index contributed by atoms with van der Waals surface area (Å²) in [5.74, 6) is -0.328. The topological polar surface area (TPSA) is 77.5 Å². The van der Waals surface area contributed by atoms with Gasteiger partial charge in [0.15, 0.2) is 0 Å². The van der Waals surface area contributed by atoms with E-state index in [0.717, 1.165) is 10.9 Å². The maximum absolute atomic E-state index is 12.7. The summed E-state index contributed by atoms with van der Waals surface area (Å²) in [6.07, 6.45) is 0.246. The van der Waals surface area contributed by atoms with Crippen molar-refractivity contribution in [3.05, 3.63) is 71.9 Å². The molecule has 1 N–H and O–H groups in total. The van der Waals surface area contributed by atoms with Crippen molar-refractivity contribution in [2.75, 3.05) is 14.2 Å². The van der Waals surface area contributed by atoms with Crippen molar-refractivity contribution in [2.24, 2.45) is 0 Å². The van der Waals surface area contributed by atoms with Crippen LogP contribution in [0, 0.1) is 0 Å². The molecular formula is C21H20N2O4. The Balaban J connectivity index is 1.82. The number of fused-ring (bicyclic) bond motifs is 1. The minimum absolute atomic E-state index is 0.239. The second kappa shape index (κ2) is 8.31. The lowest BCUT2D eigenvalue weighted by Crippen LogP contribution is -2.43. The zero-order valence-electron chi connectivity index (χ0n) is 15.1. The molecule has 6 heteroatoms. The predicted octanol–water partition coefficient (Wildman–Crippen LogP) is 2.76. The Kier molecular flexibility index (Phi) is 5.66. The number of pyridine rings is 1. The first-order valence-corrected chi connectivity index (χ1v) is 8.48. The predicted molar refractivity (Wildman–Crippen MR) is 102 cm³/mol. The standard InChI is InChI=1S/C21H20N2O4/c1-26-19-10-6-4-8-15(19)13-18(21(25)27-2)23-20(24)17-12-11-14-7-3-5-9-16(14)22-17/h3-12,18H,13H2,1-2H3,(H,23,24)/t18-/m0/s1. The van der Waals surface area contributed by atoms with E-state index in [0.29, 0.717) is 11.3 Å². The normalized spacial score (nSPS) is 11.6. The molecule has 138 valence electrons. The lowest BCUT2D eigenvalue weighted by molar-refractivity contribution is -0.142.